The molecule has 0 radical (unpaired) electrons. The van der Waals surface area contributed by atoms with E-state index in [-0.39, 0.29) is 0 Å². The maximum absolute atomic E-state index is 2.60. The van der Waals surface area contributed by atoms with Crippen LogP contribution in [0.2, 0.25) is 0 Å². The van der Waals surface area contributed by atoms with E-state index < -0.39 is 14.5 Å². The Bertz CT molecular complexity index is 1570. The molecular formula is C45H44P2. The van der Waals surface area contributed by atoms with Gasteiger partial charge in [-0.1, -0.05) is 0 Å². The van der Waals surface area contributed by atoms with Gasteiger partial charge in [-0.2, -0.15) is 0 Å². The zero-order chi connectivity index (χ0) is 31.5. The standard InChI is InChI=1S/C45H44P2/c1-7-19-38(20-8-1)46(39-21-9-2-10-22-39,40-23-11-3-12-24-40)34-44-36-31-32-37(33-36)45(44)35-47(41-25-13-4-14-26-41,42-27-15-5-16-28-42)43-29-17-6-18-30-43/h1-32,36-37,44-47H,33-35H2/t36-,37+,44?,45?. The molecule has 0 amide bonds. The Morgan fingerprint density at radius 2 is 0.532 bits per heavy atom. The Hall–Kier alpha value is -4.08. The van der Waals surface area contributed by atoms with Gasteiger partial charge in [0, 0.05) is 0 Å². The third-order valence-corrected chi connectivity index (χ3v) is 21.6. The van der Waals surface area contributed by atoms with E-state index in [1.54, 1.807) is 0 Å². The van der Waals surface area contributed by atoms with E-state index >= 15 is 0 Å². The van der Waals surface area contributed by atoms with Gasteiger partial charge in [0.1, 0.15) is 0 Å². The van der Waals surface area contributed by atoms with Crippen molar-refractivity contribution in [2.75, 3.05) is 12.3 Å². The van der Waals surface area contributed by atoms with E-state index in [9.17, 15) is 0 Å². The second-order valence-corrected chi connectivity index (χ2v) is 21.6. The van der Waals surface area contributed by atoms with E-state index in [1.807, 2.05) is 0 Å². The van der Waals surface area contributed by atoms with E-state index in [0.717, 1.165) is 0 Å². The van der Waals surface area contributed by atoms with Crippen molar-refractivity contribution in [2.45, 2.75) is 6.42 Å². The van der Waals surface area contributed by atoms with Crippen molar-refractivity contribution in [3.8, 4) is 0 Å². The second-order valence-electron chi connectivity index (χ2n) is 13.7. The fourth-order valence-electron chi connectivity index (χ4n) is 9.38. The summed E-state index contributed by atoms with van der Waals surface area (Å²) in [7, 11) is -4.80. The van der Waals surface area contributed by atoms with Crippen LogP contribution in [0, 0.1) is 23.7 Å². The van der Waals surface area contributed by atoms with Gasteiger partial charge in [0.2, 0.25) is 0 Å². The van der Waals surface area contributed by atoms with Gasteiger partial charge in [-0.05, 0) is 0 Å². The van der Waals surface area contributed by atoms with Gasteiger partial charge < -0.3 is 0 Å². The summed E-state index contributed by atoms with van der Waals surface area (Å²) in [6.07, 6.45) is 8.95. The predicted octanol–water partition coefficient (Wildman–Crippen LogP) is 7.88. The zero-order valence-corrected chi connectivity index (χ0v) is 28.9. The number of hydrogen-bond acceptors (Lipinski definition) is 0. The van der Waals surface area contributed by atoms with Gasteiger partial charge in [0.15, 0.2) is 0 Å². The van der Waals surface area contributed by atoms with E-state index in [0.29, 0.717) is 23.7 Å². The van der Waals surface area contributed by atoms with Crippen molar-refractivity contribution >= 4 is 46.4 Å². The zero-order valence-electron chi connectivity index (χ0n) is 26.9. The van der Waals surface area contributed by atoms with E-state index in [4.69, 9.17) is 0 Å². The van der Waals surface area contributed by atoms with Gasteiger partial charge in [-0.25, -0.2) is 0 Å². The molecule has 0 aliphatic heterocycles. The molecule has 6 aromatic carbocycles. The summed E-state index contributed by atoms with van der Waals surface area (Å²) in [4.78, 5) is 0. The molecule has 2 unspecified atom stereocenters. The van der Waals surface area contributed by atoms with Crippen LogP contribution >= 0.6 is 14.5 Å². The maximum atomic E-state index is 2.60. The Morgan fingerprint density at radius 1 is 0.319 bits per heavy atom. The first kappa shape index (κ1) is 30.3. The van der Waals surface area contributed by atoms with Crippen molar-refractivity contribution in [2.24, 2.45) is 23.7 Å². The van der Waals surface area contributed by atoms with Crippen LogP contribution in [-0.4, -0.2) is 12.3 Å². The normalized spacial score (nSPS) is 21.0. The van der Waals surface area contributed by atoms with Gasteiger partial charge >= 0.3 is 283 Å². The first-order valence-electron chi connectivity index (χ1n) is 17.3. The molecule has 0 aromatic heterocycles. The molecule has 0 saturated heterocycles. The summed E-state index contributed by atoms with van der Waals surface area (Å²) in [6, 6.07) is 69.4. The molecule has 4 atom stereocenters. The van der Waals surface area contributed by atoms with E-state index in [2.05, 4.69) is 194 Å². The monoisotopic (exact) mass is 646 g/mol. The van der Waals surface area contributed by atoms with Crippen LogP contribution in [0.4, 0.5) is 0 Å². The molecule has 1 saturated carbocycles. The number of fused-ring (bicyclic) bond motifs is 2. The van der Waals surface area contributed by atoms with Gasteiger partial charge in [-0.3, -0.25) is 0 Å². The molecule has 6 aromatic rings. The quantitative estimate of drug-likeness (QED) is 0.105. The number of allylic oxidation sites excluding steroid dienone is 2. The average Bonchev–Trinajstić information content (AvgIpc) is 3.77. The van der Waals surface area contributed by atoms with Crippen LogP contribution in [0.15, 0.2) is 194 Å². The number of benzene rings is 6. The Kier molecular flexibility index (Phi) is 8.50. The molecule has 2 aliphatic rings. The molecule has 47 heavy (non-hydrogen) atoms. The minimum atomic E-state index is -2.40. The van der Waals surface area contributed by atoms with Crippen molar-refractivity contribution in [3.05, 3.63) is 194 Å². The van der Waals surface area contributed by atoms with Crippen LogP contribution in [0.3, 0.4) is 0 Å². The molecule has 0 spiro atoms. The average molecular weight is 647 g/mol. The fourth-order valence-corrected chi connectivity index (χ4v) is 20.0. The van der Waals surface area contributed by atoms with Crippen LogP contribution < -0.4 is 31.8 Å². The van der Waals surface area contributed by atoms with Crippen molar-refractivity contribution in [1.82, 2.24) is 0 Å². The molecule has 2 aliphatic carbocycles. The third-order valence-electron chi connectivity index (χ3n) is 11.5. The van der Waals surface area contributed by atoms with E-state index in [1.165, 1.54) is 50.6 Å². The molecule has 2 bridgehead atoms. The fraction of sp³-hybridized carbons (Fsp3) is 0.156. The molecule has 0 nitrogen and oxygen atoms in total. The topological polar surface area (TPSA) is 0 Å². The molecule has 2 heteroatoms. The second kappa shape index (κ2) is 13.2. The van der Waals surface area contributed by atoms with Crippen LogP contribution in [0.1, 0.15) is 6.42 Å². The Balaban J connectivity index is 1.32. The van der Waals surface area contributed by atoms with Gasteiger partial charge in [0.05, 0.1) is 0 Å². The summed E-state index contributed by atoms with van der Waals surface area (Å²) in [5.74, 6) is 2.48. The molecular weight excluding hydrogens is 602 g/mol. The predicted molar refractivity (Wildman–Crippen MR) is 211 cm³/mol. The van der Waals surface area contributed by atoms with Crippen LogP contribution in [0.5, 0.6) is 0 Å². The Morgan fingerprint density at radius 3 is 0.745 bits per heavy atom. The summed E-state index contributed by atoms with van der Waals surface area (Å²) < 4.78 is 0. The molecule has 0 heterocycles. The van der Waals surface area contributed by atoms with Crippen LogP contribution in [0.25, 0.3) is 0 Å². The number of rotatable bonds is 10. The molecule has 0 N–H and O–H groups in total. The van der Waals surface area contributed by atoms with Crippen LogP contribution in [-0.2, 0) is 0 Å². The first-order valence-corrected chi connectivity index (χ1v) is 21.7. The SMILES string of the molecule is C1=C[C@H]2C[C@@H]1C(C[PH](c1ccccc1)(c1ccccc1)c1ccccc1)C2C[PH](c1ccccc1)(c1ccccc1)c1ccccc1. The molecule has 8 rings (SSSR count). The Labute approximate surface area is 281 Å². The summed E-state index contributed by atoms with van der Waals surface area (Å²) >= 11 is 0. The minimum absolute atomic E-state index is 0.611. The number of hydrogen-bond donors (Lipinski definition) is 0. The van der Waals surface area contributed by atoms with Crippen molar-refractivity contribution < 1.29 is 0 Å². The van der Waals surface area contributed by atoms with Crippen molar-refractivity contribution in [1.29, 1.82) is 0 Å². The summed E-state index contributed by atoms with van der Waals surface area (Å²) in [5, 5.41) is 9.17. The summed E-state index contributed by atoms with van der Waals surface area (Å²) in [6.45, 7) is 0. The first-order chi connectivity index (χ1) is 23.3. The third kappa shape index (κ3) is 5.43. The molecule has 1 fully saturated rings. The summed E-state index contributed by atoms with van der Waals surface area (Å²) in [5.41, 5.74) is 0. The van der Waals surface area contributed by atoms with Crippen molar-refractivity contribution in [3.63, 3.8) is 0 Å². The molecule has 234 valence electrons. The van der Waals surface area contributed by atoms with Gasteiger partial charge in [0.25, 0.3) is 0 Å². The van der Waals surface area contributed by atoms with Gasteiger partial charge in [-0.15, -0.1) is 0 Å².